The second-order valence-corrected chi connectivity index (χ2v) is 7.70. The van der Waals surface area contributed by atoms with Gasteiger partial charge in [-0.05, 0) is 61.1 Å². The van der Waals surface area contributed by atoms with Gasteiger partial charge >= 0.3 is 0 Å². The molecule has 2 fully saturated rings. The summed E-state index contributed by atoms with van der Waals surface area (Å²) in [5.74, 6) is 1.33. The lowest BCUT2D eigenvalue weighted by Crippen LogP contribution is -2.45. The Bertz CT molecular complexity index is 592. The molecular weight excluding hydrogens is 364 g/mol. The Morgan fingerprint density at radius 2 is 2.00 bits per heavy atom. The maximum Gasteiger partial charge on any atom is 0.225 e. The number of hydrogen-bond donors (Lipinski definition) is 2. The average molecular weight is 386 g/mol. The molecule has 0 heterocycles. The summed E-state index contributed by atoms with van der Waals surface area (Å²) in [7, 11) is 0. The van der Waals surface area contributed by atoms with Gasteiger partial charge in [0.2, 0.25) is 5.91 Å². The molecule has 0 saturated heterocycles. The molecule has 5 atom stereocenters. The van der Waals surface area contributed by atoms with E-state index < -0.39 is 0 Å². The summed E-state index contributed by atoms with van der Waals surface area (Å²) in [6.45, 7) is 0. The number of fused-ring (bicyclic) bond motifs is 3. The highest BCUT2D eigenvalue weighted by Gasteiger charge is 2.49. The Kier molecular flexibility index (Phi) is 4.54. The molecule has 3 nitrogen and oxygen atoms in total. The molecule has 1 aromatic carbocycles. The number of carbonyl (C=O) groups is 1. The fourth-order valence-electron chi connectivity index (χ4n) is 4.75. The fraction of sp³-hybridized carbons (Fsp3) is 0.588. The van der Waals surface area contributed by atoms with E-state index in [1.54, 1.807) is 0 Å². The van der Waals surface area contributed by atoms with Crippen LogP contribution < -0.4 is 11.1 Å². The summed E-state index contributed by atoms with van der Waals surface area (Å²) in [6, 6.07) is 6.51. The first-order valence-electron chi connectivity index (χ1n) is 7.98. The Balaban J connectivity index is 0.00000144. The molecule has 4 rings (SSSR count). The molecule has 22 heavy (non-hydrogen) atoms. The van der Waals surface area contributed by atoms with Gasteiger partial charge in [0.05, 0.1) is 12.0 Å². The van der Waals surface area contributed by atoms with Gasteiger partial charge in [-0.15, -0.1) is 12.4 Å². The van der Waals surface area contributed by atoms with Crippen LogP contribution in [0.25, 0.3) is 0 Å². The lowest BCUT2D eigenvalue weighted by atomic mass is 9.84. The van der Waals surface area contributed by atoms with Crippen molar-refractivity contribution in [2.24, 2.45) is 23.5 Å². The first-order valence-corrected chi connectivity index (χ1v) is 8.77. The Labute approximate surface area is 146 Å². The maximum atomic E-state index is 12.7. The Morgan fingerprint density at radius 3 is 2.73 bits per heavy atom. The molecule has 3 N–H and O–H groups in total. The van der Waals surface area contributed by atoms with E-state index in [0.717, 1.165) is 23.7 Å². The third-order valence-corrected chi connectivity index (χ3v) is 6.56. The molecular formula is C17H22BrClN2O. The molecule has 0 aromatic heterocycles. The Morgan fingerprint density at radius 1 is 1.23 bits per heavy atom. The van der Waals surface area contributed by atoms with Crippen molar-refractivity contribution in [2.45, 2.75) is 44.2 Å². The van der Waals surface area contributed by atoms with Crippen molar-refractivity contribution < 1.29 is 4.79 Å². The van der Waals surface area contributed by atoms with Gasteiger partial charge in [0.15, 0.2) is 0 Å². The van der Waals surface area contributed by atoms with Gasteiger partial charge in [0.1, 0.15) is 0 Å². The van der Waals surface area contributed by atoms with Crippen LogP contribution in [-0.4, -0.2) is 11.9 Å². The van der Waals surface area contributed by atoms with Crippen molar-refractivity contribution in [2.75, 3.05) is 0 Å². The normalized spacial score (nSPS) is 35.1. The van der Waals surface area contributed by atoms with Gasteiger partial charge in [0.25, 0.3) is 0 Å². The zero-order valence-electron chi connectivity index (χ0n) is 12.4. The summed E-state index contributed by atoms with van der Waals surface area (Å²) in [5.41, 5.74) is 8.91. The van der Waals surface area contributed by atoms with Crippen LogP contribution in [0.4, 0.5) is 0 Å². The quantitative estimate of drug-likeness (QED) is 0.820. The van der Waals surface area contributed by atoms with Gasteiger partial charge in [0, 0.05) is 10.5 Å². The molecule has 0 spiro atoms. The highest BCUT2D eigenvalue weighted by atomic mass is 79.9. The van der Waals surface area contributed by atoms with Gasteiger partial charge in [-0.3, -0.25) is 4.79 Å². The zero-order valence-corrected chi connectivity index (χ0v) is 14.8. The number of nitrogens with two attached hydrogens (primary N) is 1. The number of benzene rings is 1. The van der Waals surface area contributed by atoms with Gasteiger partial charge in [-0.1, -0.05) is 28.1 Å². The number of rotatable bonds is 2. The van der Waals surface area contributed by atoms with E-state index in [0.29, 0.717) is 11.8 Å². The van der Waals surface area contributed by atoms with Crippen LogP contribution in [0.15, 0.2) is 22.7 Å². The van der Waals surface area contributed by atoms with E-state index >= 15 is 0 Å². The minimum Gasteiger partial charge on any atom is -0.349 e. The van der Waals surface area contributed by atoms with E-state index in [1.807, 2.05) is 0 Å². The number of nitrogens with one attached hydrogen (secondary N) is 1. The summed E-state index contributed by atoms with van der Waals surface area (Å²) in [6.07, 6.45) is 5.59. The number of hydrogen-bond acceptors (Lipinski definition) is 2. The third-order valence-electron chi connectivity index (χ3n) is 5.81. The predicted octanol–water partition coefficient (Wildman–Crippen LogP) is 3.35. The molecule has 0 radical (unpaired) electrons. The van der Waals surface area contributed by atoms with Crippen molar-refractivity contribution in [3.05, 3.63) is 33.8 Å². The van der Waals surface area contributed by atoms with Crippen molar-refractivity contribution in [3.63, 3.8) is 0 Å². The summed E-state index contributed by atoms with van der Waals surface area (Å²) < 4.78 is 1.16. The largest absolute Gasteiger partial charge is 0.349 e. The summed E-state index contributed by atoms with van der Waals surface area (Å²) in [4.78, 5) is 12.7. The Hall–Kier alpha value is -0.580. The topological polar surface area (TPSA) is 55.1 Å². The number of halogens is 2. The van der Waals surface area contributed by atoms with Gasteiger partial charge < -0.3 is 11.1 Å². The molecule has 3 aliphatic rings. The van der Waals surface area contributed by atoms with Crippen molar-refractivity contribution in [3.8, 4) is 0 Å². The van der Waals surface area contributed by atoms with Crippen molar-refractivity contribution >= 4 is 34.2 Å². The molecule has 5 unspecified atom stereocenters. The number of amides is 1. The molecule has 1 aromatic rings. The van der Waals surface area contributed by atoms with E-state index in [2.05, 4.69) is 39.4 Å². The monoisotopic (exact) mass is 384 g/mol. The van der Waals surface area contributed by atoms with Crippen LogP contribution in [0.2, 0.25) is 0 Å². The van der Waals surface area contributed by atoms with Crippen LogP contribution in [0, 0.1) is 17.8 Å². The van der Waals surface area contributed by atoms with Gasteiger partial charge in [-0.25, -0.2) is 0 Å². The third kappa shape index (κ3) is 2.49. The minimum absolute atomic E-state index is 0. The van der Waals surface area contributed by atoms with E-state index in [1.165, 1.54) is 24.0 Å². The number of carbonyl (C=O) groups excluding carboxylic acids is 1. The molecule has 2 bridgehead atoms. The summed E-state index contributed by atoms with van der Waals surface area (Å²) >= 11 is 3.61. The molecule has 1 amide bonds. The average Bonchev–Trinajstić information content (AvgIpc) is 3.14. The molecule has 5 heteroatoms. The second-order valence-electron chi connectivity index (χ2n) is 6.84. The predicted molar refractivity (Wildman–Crippen MR) is 92.9 cm³/mol. The highest BCUT2D eigenvalue weighted by molar-refractivity contribution is 9.10. The lowest BCUT2D eigenvalue weighted by molar-refractivity contribution is -0.127. The van der Waals surface area contributed by atoms with E-state index in [9.17, 15) is 4.79 Å². The first-order chi connectivity index (χ1) is 10.1. The maximum absolute atomic E-state index is 12.7. The van der Waals surface area contributed by atoms with Crippen LogP contribution in [0.5, 0.6) is 0 Å². The van der Waals surface area contributed by atoms with Crippen LogP contribution in [0.1, 0.15) is 42.9 Å². The van der Waals surface area contributed by atoms with E-state index in [4.69, 9.17) is 5.73 Å². The van der Waals surface area contributed by atoms with Crippen LogP contribution >= 0.6 is 28.3 Å². The zero-order chi connectivity index (χ0) is 14.6. The van der Waals surface area contributed by atoms with Crippen molar-refractivity contribution in [1.82, 2.24) is 5.32 Å². The molecule has 2 saturated carbocycles. The fourth-order valence-corrected chi connectivity index (χ4v) is 5.33. The molecule has 0 aliphatic heterocycles. The molecule has 3 aliphatic carbocycles. The molecule has 120 valence electrons. The summed E-state index contributed by atoms with van der Waals surface area (Å²) in [5, 5.41) is 3.28. The minimum atomic E-state index is 0. The second kappa shape index (κ2) is 6.14. The standard InChI is InChI=1S/C17H21BrN2O.ClH/c18-13-3-1-2-12-11(13)6-7-14(12)20-17(21)15-9-4-5-10(8-9)16(15)19;/h1-3,9-10,14-16H,4-8,19H2,(H,20,21);1H. The van der Waals surface area contributed by atoms with Crippen LogP contribution in [0.3, 0.4) is 0 Å². The lowest BCUT2D eigenvalue weighted by Gasteiger charge is -2.28. The smallest absolute Gasteiger partial charge is 0.225 e. The van der Waals surface area contributed by atoms with E-state index in [-0.39, 0.29) is 36.3 Å². The highest BCUT2D eigenvalue weighted by Crippen LogP contribution is 2.48. The van der Waals surface area contributed by atoms with Crippen molar-refractivity contribution in [1.29, 1.82) is 0 Å². The SMILES string of the molecule is Cl.NC1C2CCC(C2)C1C(=O)NC1CCc2c(Br)cccc21. The first kappa shape index (κ1) is 16.3. The van der Waals surface area contributed by atoms with Gasteiger partial charge in [-0.2, -0.15) is 0 Å². The van der Waals surface area contributed by atoms with Crippen LogP contribution in [-0.2, 0) is 11.2 Å².